The topological polar surface area (TPSA) is 343 Å². The minimum Gasteiger partial charge on any atom is -0.396 e. The van der Waals surface area contributed by atoms with E-state index in [2.05, 4.69) is 16.0 Å². The molecule has 1 aliphatic carbocycles. The van der Waals surface area contributed by atoms with Gasteiger partial charge in [0.05, 0.1) is 51.3 Å². The van der Waals surface area contributed by atoms with Gasteiger partial charge in [0, 0.05) is 78.4 Å². The number of unbranched alkanes of at least 4 members (excludes halogenated alkanes) is 6. The van der Waals surface area contributed by atoms with Crippen molar-refractivity contribution in [2.24, 2.45) is 11.3 Å². The first-order valence-electron chi connectivity index (χ1n) is 24.1. The second kappa shape index (κ2) is 31.9. The van der Waals surface area contributed by atoms with Crippen LogP contribution in [0.15, 0.2) is 0 Å². The molecular formula is C45H83N3O20. The molecule has 0 aromatic carbocycles. The zero-order chi connectivity index (χ0) is 50.2. The predicted octanol–water partition coefficient (Wildman–Crippen LogP) is -2.90. The number of ether oxygens (including phenoxy) is 8. The van der Waals surface area contributed by atoms with Crippen molar-refractivity contribution in [2.75, 3.05) is 79.3 Å². The van der Waals surface area contributed by atoms with Crippen molar-refractivity contribution >= 4 is 17.7 Å². The largest absolute Gasteiger partial charge is 0.396 e. The van der Waals surface area contributed by atoms with E-state index in [0.717, 1.165) is 25.7 Å². The van der Waals surface area contributed by atoms with Gasteiger partial charge in [0.1, 0.15) is 54.8 Å². The molecule has 2 saturated heterocycles. The van der Waals surface area contributed by atoms with E-state index in [1.165, 1.54) is 20.8 Å². The first-order valence-corrected chi connectivity index (χ1v) is 24.1. The lowest BCUT2D eigenvalue weighted by molar-refractivity contribution is -0.270. The Kier molecular flexibility index (Phi) is 28.2. The molecule has 6 unspecified atom stereocenters. The van der Waals surface area contributed by atoms with Crippen LogP contribution in [0, 0.1) is 11.3 Å². The molecular weight excluding hydrogens is 902 g/mol. The van der Waals surface area contributed by atoms with Crippen molar-refractivity contribution in [3.63, 3.8) is 0 Å². The number of hydrogen-bond acceptors (Lipinski definition) is 20. The molecule has 0 spiro atoms. The SMILES string of the molecule is CC(=O)NC1[C@H](OCCCCCOCC(C)(COCCCCCO[C@@H]2OC(CO)[C@@H](O)[C@H](O)C2NC(C)=O)COCCCCCO[C@@H]2CC(CO)[C@@H](O)[C@H](O)C2NC(C)=O)OC(CO)[C@@H](O)[C@@H]1O. The molecule has 12 N–H and O–H groups in total. The van der Waals surface area contributed by atoms with Crippen molar-refractivity contribution in [1.29, 1.82) is 0 Å². The molecule has 1 saturated carbocycles. The minimum absolute atomic E-state index is 0.234. The number of aliphatic hydroxyl groups excluding tert-OH is 9. The fraction of sp³-hybridized carbons (Fsp3) is 0.933. The number of nitrogens with one attached hydrogen (secondary N) is 3. The molecule has 23 heteroatoms. The van der Waals surface area contributed by atoms with E-state index in [1.54, 1.807) is 0 Å². The van der Waals surface area contributed by atoms with E-state index >= 15 is 0 Å². The molecule has 3 aliphatic rings. The highest BCUT2D eigenvalue weighted by Gasteiger charge is 2.47. The van der Waals surface area contributed by atoms with Crippen LogP contribution in [0.25, 0.3) is 0 Å². The maximum atomic E-state index is 11.8. The standard InChI is InChI=1S/C45H83N3O20/c1-27(52)46-34-31(20-30(21-49)37(55)40(34)58)64-17-11-5-8-14-61-24-45(4,25-62-15-9-6-12-18-65-43-35(47-28(2)53)41(59)38(56)32(22-50)67-43)26-63-16-10-7-13-19-66-44-36(48-29(3)54)42(60)39(57)33(23-51)68-44/h30-44,49-51,55-60H,5-26H2,1-4H3,(H,46,52)(H,47,53)(H,48,54)/t30?,31-,32?,33?,34?,35?,36?,37-,38-,39-,40-,41-,42-,43-,44-,45?/m1/s1. The summed E-state index contributed by atoms with van der Waals surface area (Å²) in [6, 6.07) is -2.81. The van der Waals surface area contributed by atoms with Crippen molar-refractivity contribution < 1.29 is 98.2 Å². The van der Waals surface area contributed by atoms with Gasteiger partial charge < -0.3 is 99.8 Å². The van der Waals surface area contributed by atoms with Gasteiger partial charge in [-0.2, -0.15) is 0 Å². The van der Waals surface area contributed by atoms with Crippen molar-refractivity contribution in [2.45, 2.75) is 178 Å². The third-order valence-corrected chi connectivity index (χ3v) is 12.3. The maximum absolute atomic E-state index is 11.8. The lowest BCUT2D eigenvalue weighted by Crippen LogP contribution is -2.64. The Hall–Kier alpha value is -2.27. The van der Waals surface area contributed by atoms with Crippen LogP contribution in [0.4, 0.5) is 0 Å². The molecule has 0 radical (unpaired) electrons. The monoisotopic (exact) mass is 986 g/mol. The lowest BCUT2D eigenvalue weighted by atomic mass is 9.79. The van der Waals surface area contributed by atoms with Crippen LogP contribution < -0.4 is 16.0 Å². The van der Waals surface area contributed by atoms with Crippen molar-refractivity contribution in [3.05, 3.63) is 0 Å². The van der Waals surface area contributed by atoms with Crippen LogP contribution in [0.3, 0.4) is 0 Å². The van der Waals surface area contributed by atoms with Crippen LogP contribution in [0.1, 0.15) is 91.9 Å². The Morgan fingerprint density at radius 2 is 0.838 bits per heavy atom. The van der Waals surface area contributed by atoms with E-state index in [9.17, 15) is 60.3 Å². The van der Waals surface area contributed by atoms with Gasteiger partial charge in [-0.15, -0.1) is 0 Å². The van der Waals surface area contributed by atoms with Crippen molar-refractivity contribution in [1.82, 2.24) is 16.0 Å². The van der Waals surface area contributed by atoms with E-state index < -0.39 is 122 Å². The Labute approximate surface area is 399 Å². The van der Waals surface area contributed by atoms with E-state index in [-0.39, 0.29) is 25.7 Å². The zero-order valence-corrected chi connectivity index (χ0v) is 40.2. The molecule has 68 heavy (non-hydrogen) atoms. The molecule has 2 aliphatic heterocycles. The lowest BCUT2D eigenvalue weighted by Gasteiger charge is -2.42. The fourth-order valence-electron chi connectivity index (χ4n) is 8.45. The number of rotatable bonds is 33. The zero-order valence-electron chi connectivity index (χ0n) is 40.2. The quantitative estimate of drug-likeness (QED) is 0.0294. The predicted molar refractivity (Wildman–Crippen MR) is 239 cm³/mol. The molecule has 0 aromatic heterocycles. The van der Waals surface area contributed by atoms with Gasteiger partial charge in [0.2, 0.25) is 17.7 Å². The fourth-order valence-corrected chi connectivity index (χ4v) is 8.45. The summed E-state index contributed by atoms with van der Waals surface area (Å²) in [5, 5.41) is 98.9. The van der Waals surface area contributed by atoms with Gasteiger partial charge in [0.15, 0.2) is 12.6 Å². The van der Waals surface area contributed by atoms with E-state index in [1.807, 2.05) is 6.92 Å². The molecule has 2 heterocycles. The van der Waals surface area contributed by atoms with Crippen LogP contribution in [-0.4, -0.2) is 229 Å². The smallest absolute Gasteiger partial charge is 0.217 e. The summed E-state index contributed by atoms with van der Waals surface area (Å²) >= 11 is 0. The molecule has 0 aromatic rings. The van der Waals surface area contributed by atoms with Crippen LogP contribution >= 0.6 is 0 Å². The summed E-state index contributed by atoms with van der Waals surface area (Å²) in [5.74, 6) is -1.79. The Morgan fingerprint density at radius 3 is 1.21 bits per heavy atom. The van der Waals surface area contributed by atoms with Gasteiger partial charge >= 0.3 is 0 Å². The molecule has 23 nitrogen and oxygen atoms in total. The molecule has 3 rings (SSSR count). The Bertz CT molecular complexity index is 1260. The molecule has 3 fully saturated rings. The van der Waals surface area contributed by atoms with Crippen molar-refractivity contribution in [3.8, 4) is 0 Å². The highest BCUT2D eigenvalue weighted by molar-refractivity contribution is 5.74. The van der Waals surface area contributed by atoms with Crippen LogP contribution in [0.2, 0.25) is 0 Å². The first-order chi connectivity index (χ1) is 32.5. The number of aliphatic hydroxyl groups is 9. The number of carbonyl (C=O) groups is 3. The summed E-state index contributed by atoms with van der Waals surface area (Å²) in [5.41, 5.74) is -0.499. The number of amides is 3. The Morgan fingerprint density at radius 1 is 0.485 bits per heavy atom. The summed E-state index contributed by atoms with van der Waals surface area (Å²) in [6.07, 6.45) is -6.23. The average molecular weight is 986 g/mol. The van der Waals surface area contributed by atoms with Gasteiger partial charge in [-0.05, 0) is 64.2 Å². The number of hydrogen-bond donors (Lipinski definition) is 12. The maximum Gasteiger partial charge on any atom is 0.217 e. The second-order valence-electron chi connectivity index (χ2n) is 18.6. The summed E-state index contributed by atoms with van der Waals surface area (Å²) in [6.45, 7) is 7.75. The van der Waals surface area contributed by atoms with E-state index in [4.69, 9.17) is 37.9 Å². The highest BCUT2D eigenvalue weighted by Crippen LogP contribution is 2.29. The van der Waals surface area contributed by atoms with E-state index in [0.29, 0.717) is 84.8 Å². The summed E-state index contributed by atoms with van der Waals surface area (Å²) < 4.78 is 47.2. The minimum atomic E-state index is -1.40. The van der Waals surface area contributed by atoms with Gasteiger partial charge in [-0.25, -0.2) is 0 Å². The number of carbonyl (C=O) groups excluding carboxylic acids is 3. The Balaban J connectivity index is 1.42. The summed E-state index contributed by atoms with van der Waals surface area (Å²) in [7, 11) is 0. The summed E-state index contributed by atoms with van der Waals surface area (Å²) in [4.78, 5) is 35.2. The third-order valence-electron chi connectivity index (χ3n) is 12.3. The molecule has 398 valence electrons. The first kappa shape index (κ1) is 60.0. The molecule has 3 amide bonds. The van der Waals surface area contributed by atoms with Gasteiger partial charge in [-0.1, -0.05) is 6.92 Å². The highest BCUT2D eigenvalue weighted by atomic mass is 16.7. The second-order valence-corrected chi connectivity index (χ2v) is 18.6. The van der Waals surface area contributed by atoms with Gasteiger partial charge in [0.25, 0.3) is 0 Å². The third kappa shape index (κ3) is 20.1. The normalized spacial score (nSPS) is 32.9. The molecule has 15 atom stereocenters. The average Bonchev–Trinajstić information content (AvgIpc) is 3.29. The van der Waals surface area contributed by atoms with Crippen LogP contribution in [0.5, 0.6) is 0 Å². The van der Waals surface area contributed by atoms with Gasteiger partial charge in [-0.3, -0.25) is 14.4 Å². The molecule has 0 bridgehead atoms. The van der Waals surface area contributed by atoms with Crippen LogP contribution in [-0.2, 0) is 52.3 Å².